The summed E-state index contributed by atoms with van der Waals surface area (Å²) < 4.78 is 23.1. The Morgan fingerprint density at radius 2 is 1.66 bits per heavy atom. The van der Waals surface area contributed by atoms with Gasteiger partial charge in [0.1, 0.15) is 18.0 Å². The van der Waals surface area contributed by atoms with Crippen LogP contribution >= 0.6 is 0 Å². The van der Waals surface area contributed by atoms with Gasteiger partial charge < -0.3 is 23.9 Å². The number of nitrogens with zero attached hydrogens (tertiary/aromatic N) is 1. The molecule has 9 heteroatoms. The van der Waals surface area contributed by atoms with Gasteiger partial charge in [-0.15, -0.1) is 0 Å². The highest BCUT2D eigenvalue weighted by atomic mass is 16.6. The number of hydrogen-bond donors (Lipinski definition) is 1. The molecular formula is C32H44N2O7. The van der Waals surface area contributed by atoms with E-state index in [0.29, 0.717) is 30.6 Å². The molecule has 2 aliphatic heterocycles. The Bertz CT molecular complexity index is 1270. The fraction of sp³-hybridized carbons (Fsp3) is 0.656. The van der Waals surface area contributed by atoms with Crippen molar-refractivity contribution in [1.82, 2.24) is 9.88 Å². The van der Waals surface area contributed by atoms with Crippen molar-refractivity contribution in [3.8, 4) is 5.75 Å². The zero-order chi connectivity index (χ0) is 29.3. The summed E-state index contributed by atoms with van der Waals surface area (Å²) >= 11 is 0. The fourth-order valence-corrected chi connectivity index (χ4v) is 7.29. The van der Waals surface area contributed by atoms with Gasteiger partial charge in [-0.05, 0) is 68.7 Å². The number of fused-ring (bicyclic) bond motifs is 6. The molecule has 224 valence electrons. The minimum atomic E-state index is -0.957. The second kappa shape index (κ2) is 12.4. The summed E-state index contributed by atoms with van der Waals surface area (Å²) in [6.45, 7) is 10.8. The average molecular weight is 569 g/mol. The number of nitrogens with one attached hydrogen (secondary N) is 1. The van der Waals surface area contributed by atoms with Crippen LogP contribution < -0.4 is 4.74 Å². The van der Waals surface area contributed by atoms with Crippen LogP contribution in [0.4, 0.5) is 0 Å². The Hall–Kier alpha value is -3.07. The van der Waals surface area contributed by atoms with Gasteiger partial charge in [0, 0.05) is 62.4 Å². The SMILES string of the molecule is CCCC[C@H]1C[C@H]2c3[nH]c4ccc(OC5CC[C@@H](OC(C)=O)[C@@H](OC(C)=O)[C@H]5OC(C)=O)cc4c3CC[N@@](C1)C2C. The zero-order valence-electron chi connectivity index (χ0n) is 24.9. The first kappa shape index (κ1) is 29.4. The van der Waals surface area contributed by atoms with Crippen molar-refractivity contribution < 1.29 is 33.3 Å². The number of piperidine rings is 1. The summed E-state index contributed by atoms with van der Waals surface area (Å²) in [6.07, 6.45) is 3.73. The quantitative estimate of drug-likeness (QED) is 0.349. The number of hydrogen-bond acceptors (Lipinski definition) is 8. The molecule has 1 aliphatic carbocycles. The molecule has 0 amide bonds. The Balaban J connectivity index is 1.42. The molecule has 0 radical (unpaired) electrons. The Morgan fingerprint density at radius 1 is 0.976 bits per heavy atom. The highest BCUT2D eigenvalue weighted by Crippen LogP contribution is 2.43. The topological polar surface area (TPSA) is 107 Å². The molecule has 5 rings (SSSR count). The Labute approximate surface area is 242 Å². The predicted molar refractivity (Wildman–Crippen MR) is 154 cm³/mol. The molecule has 1 saturated carbocycles. The molecule has 3 aliphatic rings. The number of H-pyrrole nitrogens is 1. The minimum Gasteiger partial charge on any atom is -0.486 e. The van der Waals surface area contributed by atoms with E-state index in [1.54, 1.807) is 0 Å². The van der Waals surface area contributed by atoms with Crippen LogP contribution in [0.1, 0.15) is 90.3 Å². The van der Waals surface area contributed by atoms with Crippen LogP contribution in [-0.4, -0.2) is 71.3 Å². The first-order valence-electron chi connectivity index (χ1n) is 15.2. The van der Waals surface area contributed by atoms with Crippen molar-refractivity contribution in [2.75, 3.05) is 13.1 Å². The smallest absolute Gasteiger partial charge is 0.303 e. The lowest BCUT2D eigenvalue weighted by atomic mass is 9.80. The number of rotatable bonds is 8. The van der Waals surface area contributed by atoms with Crippen molar-refractivity contribution in [2.45, 2.75) is 116 Å². The Morgan fingerprint density at radius 3 is 2.34 bits per heavy atom. The number of unbranched alkanes of at least 4 members (excludes halogenated alkanes) is 1. The van der Waals surface area contributed by atoms with Gasteiger partial charge in [0.25, 0.3) is 0 Å². The van der Waals surface area contributed by atoms with Crippen LogP contribution in [0.15, 0.2) is 18.2 Å². The van der Waals surface area contributed by atoms with Crippen LogP contribution in [0.3, 0.4) is 0 Å². The number of carbonyl (C=O) groups is 3. The number of esters is 3. The van der Waals surface area contributed by atoms with E-state index in [1.807, 2.05) is 6.07 Å². The van der Waals surface area contributed by atoms with Gasteiger partial charge >= 0.3 is 17.9 Å². The lowest BCUT2D eigenvalue weighted by molar-refractivity contribution is -0.200. The standard InChI is InChI=1S/C32H44N2O7/c1-6-7-8-22-15-25-18(2)34(17-22)14-13-24-26-16-23(9-10-27(26)33-30(24)25)41-29-12-11-28(38-19(3)35)31(39-20(4)36)32(29)40-21(5)37/h9-10,16,18,22,25,28-29,31-33H,6-8,11-15,17H2,1-5H3/t18?,22-,25+,28+,29?,31+,32-/m0/s1. The van der Waals surface area contributed by atoms with Crippen molar-refractivity contribution >= 4 is 28.8 Å². The van der Waals surface area contributed by atoms with E-state index in [2.05, 4.69) is 35.9 Å². The molecule has 0 spiro atoms. The van der Waals surface area contributed by atoms with Gasteiger partial charge in [0.2, 0.25) is 0 Å². The summed E-state index contributed by atoms with van der Waals surface area (Å²) in [5, 5.41) is 1.16. The lowest BCUT2D eigenvalue weighted by Crippen LogP contribution is -2.55. The number of carbonyl (C=O) groups excluding carboxylic acids is 3. The van der Waals surface area contributed by atoms with E-state index in [-0.39, 0.29) is 0 Å². The maximum Gasteiger partial charge on any atom is 0.303 e. The summed E-state index contributed by atoms with van der Waals surface area (Å²) in [6, 6.07) is 6.59. The third-order valence-electron chi connectivity index (χ3n) is 9.14. The third kappa shape index (κ3) is 6.40. The average Bonchev–Trinajstić information content (AvgIpc) is 3.24. The molecule has 41 heavy (non-hydrogen) atoms. The second-order valence-electron chi connectivity index (χ2n) is 12.1. The van der Waals surface area contributed by atoms with Gasteiger partial charge in [-0.2, -0.15) is 0 Å². The van der Waals surface area contributed by atoms with Crippen molar-refractivity contribution in [3.05, 3.63) is 29.5 Å². The molecule has 8 atom stereocenters. The molecule has 2 aromatic rings. The van der Waals surface area contributed by atoms with Crippen molar-refractivity contribution in [1.29, 1.82) is 0 Å². The van der Waals surface area contributed by atoms with E-state index in [9.17, 15) is 14.4 Å². The molecule has 2 unspecified atom stereocenters. The highest BCUT2D eigenvalue weighted by molar-refractivity contribution is 5.86. The van der Waals surface area contributed by atoms with Crippen molar-refractivity contribution in [2.24, 2.45) is 5.92 Å². The predicted octanol–water partition coefficient (Wildman–Crippen LogP) is 5.04. The summed E-state index contributed by atoms with van der Waals surface area (Å²) in [4.78, 5) is 42.2. The van der Waals surface area contributed by atoms with Crippen LogP contribution in [0, 0.1) is 5.92 Å². The first-order chi connectivity index (χ1) is 19.6. The maximum absolute atomic E-state index is 12.1. The van der Waals surface area contributed by atoms with Crippen molar-refractivity contribution in [3.63, 3.8) is 0 Å². The first-order valence-corrected chi connectivity index (χ1v) is 15.2. The minimum absolute atomic E-state index is 0.413. The van der Waals surface area contributed by atoms with E-state index in [4.69, 9.17) is 18.9 Å². The molecule has 1 aromatic heterocycles. The fourth-order valence-electron chi connectivity index (χ4n) is 7.29. The van der Waals surface area contributed by atoms with Crippen LogP contribution in [0.25, 0.3) is 10.9 Å². The monoisotopic (exact) mass is 568 g/mol. The van der Waals surface area contributed by atoms with E-state index in [1.165, 1.54) is 64.3 Å². The zero-order valence-corrected chi connectivity index (χ0v) is 24.9. The number of ether oxygens (including phenoxy) is 4. The van der Waals surface area contributed by atoms with Gasteiger partial charge in [-0.1, -0.05) is 19.8 Å². The Kier molecular flexibility index (Phi) is 8.92. The molecular weight excluding hydrogens is 524 g/mol. The lowest BCUT2D eigenvalue weighted by Gasteiger charge is -2.42. The van der Waals surface area contributed by atoms with Crippen LogP contribution in [-0.2, 0) is 35.0 Å². The second-order valence-corrected chi connectivity index (χ2v) is 12.1. The highest BCUT2D eigenvalue weighted by Gasteiger charge is 2.47. The largest absolute Gasteiger partial charge is 0.486 e. The van der Waals surface area contributed by atoms with Crippen LogP contribution in [0.2, 0.25) is 0 Å². The molecule has 2 bridgehead atoms. The molecule has 1 aromatic carbocycles. The van der Waals surface area contributed by atoms with Gasteiger partial charge in [-0.3, -0.25) is 19.3 Å². The van der Waals surface area contributed by atoms with Crippen LogP contribution in [0.5, 0.6) is 5.75 Å². The third-order valence-corrected chi connectivity index (χ3v) is 9.14. The number of aromatic amines is 1. The number of aromatic nitrogens is 1. The molecule has 1 N–H and O–H groups in total. The molecule has 1 saturated heterocycles. The normalized spacial score (nSPS) is 31.0. The van der Waals surface area contributed by atoms with Gasteiger partial charge in [-0.25, -0.2) is 0 Å². The number of benzene rings is 1. The molecule has 2 fully saturated rings. The van der Waals surface area contributed by atoms with E-state index >= 15 is 0 Å². The summed E-state index contributed by atoms with van der Waals surface area (Å²) in [7, 11) is 0. The van der Waals surface area contributed by atoms with E-state index < -0.39 is 42.3 Å². The maximum atomic E-state index is 12.1. The summed E-state index contributed by atoms with van der Waals surface area (Å²) in [5.41, 5.74) is 3.84. The van der Waals surface area contributed by atoms with E-state index in [0.717, 1.165) is 29.8 Å². The summed E-state index contributed by atoms with van der Waals surface area (Å²) in [5.74, 6) is 0.317. The van der Waals surface area contributed by atoms with Gasteiger partial charge in [0.15, 0.2) is 12.2 Å². The molecule has 9 nitrogen and oxygen atoms in total. The molecule has 3 heterocycles. The van der Waals surface area contributed by atoms with Gasteiger partial charge in [0.05, 0.1) is 0 Å².